The molecule has 232 valence electrons. The Morgan fingerprint density at radius 2 is 1.47 bits per heavy atom. The topological polar surface area (TPSA) is 124 Å². The summed E-state index contributed by atoms with van der Waals surface area (Å²) in [5, 5.41) is 2.75. The van der Waals surface area contributed by atoms with Gasteiger partial charge in [-0.15, -0.1) is 0 Å². The molecule has 3 aromatic rings. The number of rotatable bonds is 14. The van der Waals surface area contributed by atoms with Crippen LogP contribution in [-0.4, -0.2) is 72.7 Å². The number of hydrogen-bond donors (Lipinski definition) is 1. The molecule has 3 aromatic carbocycles. The van der Waals surface area contributed by atoms with Crippen LogP contribution in [0.2, 0.25) is 0 Å². The molecule has 0 spiro atoms. The Hall–Kier alpha value is -4.45. The molecule has 0 fully saturated rings. The maximum Gasteiger partial charge on any atom is 0.265 e. The van der Waals surface area contributed by atoms with Crippen molar-refractivity contribution >= 4 is 27.5 Å². The molecule has 0 aromatic heterocycles. The van der Waals surface area contributed by atoms with E-state index in [-0.39, 0.29) is 34.5 Å². The number of nitrogens with one attached hydrogen (secondary N) is 1. The Morgan fingerprint density at radius 1 is 0.837 bits per heavy atom. The van der Waals surface area contributed by atoms with E-state index in [4.69, 9.17) is 18.9 Å². The predicted octanol–water partition coefficient (Wildman–Crippen LogP) is 3.78. The fourth-order valence-electron chi connectivity index (χ4n) is 4.40. The zero-order chi connectivity index (χ0) is 31.7. The molecule has 1 N–H and O–H groups in total. The Kier molecular flexibility index (Phi) is 11.2. The summed E-state index contributed by atoms with van der Waals surface area (Å²) in [5.74, 6) is 0.105. The first-order valence-corrected chi connectivity index (χ1v) is 15.0. The lowest BCUT2D eigenvalue weighted by molar-refractivity contribution is -0.139. The number of nitrogens with zero attached hydrogens (tertiary/aromatic N) is 2. The number of amides is 2. The molecule has 12 heteroatoms. The molecule has 11 nitrogen and oxygen atoms in total. The highest BCUT2D eigenvalue weighted by molar-refractivity contribution is 7.92. The van der Waals surface area contributed by atoms with E-state index in [0.29, 0.717) is 18.0 Å². The summed E-state index contributed by atoms with van der Waals surface area (Å²) in [6, 6.07) is 15.4. The molecule has 0 radical (unpaired) electrons. The van der Waals surface area contributed by atoms with Crippen molar-refractivity contribution in [2.75, 3.05) is 45.8 Å². The lowest BCUT2D eigenvalue weighted by Gasteiger charge is -2.32. The molecule has 0 saturated heterocycles. The van der Waals surface area contributed by atoms with E-state index < -0.39 is 28.5 Å². The summed E-state index contributed by atoms with van der Waals surface area (Å²) < 4.78 is 51.1. The fraction of sp³-hybridized carbons (Fsp3) is 0.355. The van der Waals surface area contributed by atoms with Gasteiger partial charge in [-0.05, 0) is 50.6 Å². The number of aryl methyl sites for hydroxylation is 1. The molecular formula is C31H39N3O8S. The van der Waals surface area contributed by atoms with Crippen molar-refractivity contribution in [3.8, 4) is 23.0 Å². The highest BCUT2D eigenvalue weighted by Crippen LogP contribution is 2.37. The summed E-state index contributed by atoms with van der Waals surface area (Å²) in [6.07, 6.45) is 0. The van der Waals surface area contributed by atoms with E-state index in [1.165, 1.54) is 57.6 Å². The Balaban J connectivity index is 2.17. The minimum atomic E-state index is -4.42. The van der Waals surface area contributed by atoms with Gasteiger partial charge < -0.3 is 29.2 Å². The maximum absolute atomic E-state index is 14.3. The van der Waals surface area contributed by atoms with Crippen LogP contribution in [0.1, 0.15) is 25.0 Å². The minimum absolute atomic E-state index is 0.0749. The molecule has 0 bridgehead atoms. The molecule has 3 rings (SSSR count). The van der Waals surface area contributed by atoms with Gasteiger partial charge in [0.2, 0.25) is 11.8 Å². The first-order chi connectivity index (χ1) is 20.5. The normalized spacial score (nSPS) is 11.7. The van der Waals surface area contributed by atoms with Crippen LogP contribution in [0.25, 0.3) is 0 Å². The summed E-state index contributed by atoms with van der Waals surface area (Å²) in [5.41, 5.74) is 1.89. The van der Waals surface area contributed by atoms with Gasteiger partial charge in [0.15, 0.2) is 11.5 Å². The van der Waals surface area contributed by atoms with Gasteiger partial charge in [0.05, 0.1) is 39.0 Å². The SMILES string of the molecule is CCNC(=O)C(C)N(Cc1ccc(C)cc1)C(=O)CN(c1cc(OC)ccc1OC)S(=O)(=O)c1ccc(OC)c(OC)c1. The molecule has 1 unspecified atom stereocenters. The molecule has 0 aliphatic carbocycles. The van der Waals surface area contributed by atoms with Gasteiger partial charge in [0.25, 0.3) is 10.0 Å². The van der Waals surface area contributed by atoms with Gasteiger partial charge in [-0.25, -0.2) is 8.42 Å². The Labute approximate surface area is 253 Å². The third-order valence-corrected chi connectivity index (χ3v) is 8.62. The molecule has 43 heavy (non-hydrogen) atoms. The highest BCUT2D eigenvalue weighted by Gasteiger charge is 2.34. The second-order valence-corrected chi connectivity index (χ2v) is 11.5. The van der Waals surface area contributed by atoms with E-state index >= 15 is 0 Å². The standard InChI is InChI=1S/C31H39N3O8S/c1-8-32-31(36)22(3)33(19-23-11-9-21(2)10-12-23)30(35)20-34(26-17-24(39-4)13-15-27(26)40-5)43(37,38)25-14-16-28(41-6)29(18-25)42-7/h9-18,22H,8,19-20H2,1-7H3,(H,32,36). The number of benzene rings is 3. The molecule has 0 saturated carbocycles. The molecule has 0 heterocycles. The van der Waals surface area contributed by atoms with Crippen LogP contribution in [0, 0.1) is 6.92 Å². The van der Waals surface area contributed by atoms with E-state index in [1.807, 2.05) is 31.2 Å². The number of sulfonamides is 1. The lowest BCUT2D eigenvalue weighted by atomic mass is 10.1. The van der Waals surface area contributed by atoms with Gasteiger partial charge >= 0.3 is 0 Å². The largest absolute Gasteiger partial charge is 0.497 e. The van der Waals surface area contributed by atoms with E-state index in [0.717, 1.165) is 15.4 Å². The van der Waals surface area contributed by atoms with Gasteiger partial charge in [-0.1, -0.05) is 29.8 Å². The van der Waals surface area contributed by atoms with Gasteiger partial charge in [-0.3, -0.25) is 13.9 Å². The number of carbonyl (C=O) groups is 2. The number of ether oxygens (including phenoxy) is 4. The molecule has 2 amide bonds. The Bertz CT molecular complexity index is 1530. The fourth-order valence-corrected chi connectivity index (χ4v) is 5.84. The Morgan fingerprint density at radius 3 is 2.05 bits per heavy atom. The van der Waals surface area contributed by atoms with Crippen LogP contribution in [-0.2, 0) is 26.2 Å². The van der Waals surface area contributed by atoms with Crippen LogP contribution in [0.5, 0.6) is 23.0 Å². The second-order valence-electron chi connectivity index (χ2n) is 9.64. The van der Waals surface area contributed by atoms with Gasteiger partial charge in [-0.2, -0.15) is 0 Å². The van der Waals surface area contributed by atoms with Crippen LogP contribution in [0.4, 0.5) is 5.69 Å². The van der Waals surface area contributed by atoms with Crippen molar-refractivity contribution in [1.29, 1.82) is 0 Å². The van der Waals surface area contributed by atoms with E-state index in [1.54, 1.807) is 26.0 Å². The van der Waals surface area contributed by atoms with Crippen molar-refractivity contribution < 1.29 is 37.0 Å². The van der Waals surface area contributed by atoms with Crippen molar-refractivity contribution in [1.82, 2.24) is 10.2 Å². The summed E-state index contributed by atoms with van der Waals surface area (Å²) in [7, 11) is 1.26. The molecular weight excluding hydrogens is 574 g/mol. The lowest BCUT2D eigenvalue weighted by Crippen LogP contribution is -2.51. The average Bonchev–Trinajstić information content (AvgIpc) is 3.02. The first-order valence-electron chi connectivity index (χ1n) is 13.6. The maximum atomic E-state index is 14.3. The number of hydrogen-bond acceptors (Lipinski definition) is 8. The quantitative estimate of drug-likeness (QED) is 0.292. The zero-order valence-electron chi connectivity index (χ0n) is 25.5. The summed E-state index contributed by atoms with van der Waals surface area (Å²) in [4.78, 5) is 28.3. The number of methoxy groups -OCH3 is 4. The number of likely N-dealkylation sites (N-methyl/N-ethyl adjacent to an activating group) is 1. The monoisotopic (exact) mass is 613 g/mol. The van der Waals surface area contributed by atoms with E-state index in [2.05, 4.69) is 5.32 Å². The van der Waals surface area contributed by atoms with Crippen molar-refractivity contribution in [3.63, 3.8) is 0 Å². The average molecular weight is 614 g/mol. The van der Waals surface area contributed by atoms with Crippen molar-refractivity contribution in [2.45, 2.75) is 38.3 Å². The third-order valence-electron chi connectivity index (χ3n) is 6.87. The smallest absolute Gasteiger partial charge is 0.265 e. The van der Waals surface area contributed by atoms with Crippen LogP contribution >= 0.6 is 0 Å². The highest BCUT2D eigenvalue weighted by atomic mass is 32.2. The van der Waals surface area contributed by atoms with Gasteiger partial charge in [0, 0.05) is 25.2 Å². The van der Waals surface area contributed by atoms with Crippen LogP contribution in [0.3, 0.4) is 0 Å². The molecule has 0 aliphatic heterocycles. The van der Waals surface area contributed by atoms with Crippen LogP contribution in [0.15, 0.2) is 65.6 Å². The second kappa shape index (κ2) is 14.6. The first kappa shape index (κ1) is 33.1. The summed E-state index contributed by atoms with van der Waals surface area (Å²) in [6.45, 7) is 5.14. The molecule has 1 atom stereocenters. The van der Waals surface area contributed by atoms with Gasteiger partial charge in [0.1, 0.15) is 24.1 Å². The summed E-state index contributed by atoms with van der Waals surface area (Å²) >= 11 is 0. The zero-order valence-corrected chi connectivity index (χ0v) is 26.4. The minimum Gasteiger partial charge on any atom is -0.497 e. The van der Waals surface area contributed by atoms with E-state index in [9.17, 15) is 18.0 Å². The number of anilines is 1. The molecule has 0 aliphatic rings. The number of carbonyl (C=O) groups excluding carboxylic acids is 2. The van der Waals surface area contributed by atoms with Crippen molar-refractivity contribution in [3.05, 3.63) is 71.8 Å². The third kappa shape index (κ3) is 7.69. The van der Waals surface area contributed by atoms with Crippen LogP contribution < -0.4 is 28.6 Å². The van der Waals surface area contributed by atoms with Crippen molar-refractivity contribution in [2.24, 2.45) is 0 Å². The predicted molar refractivity (Wildman–Crippen MR) is 163 cm³/mol.